The molecule has 0 bridgehead atoms. The van der Waals surface area contributed by atoms with Crippen molar-refractivity contribution in [1.82, 2.24) is 15.0 Å². The Labute approximate surface area is 134 Å². The summed E-state index contributed by atoms with van der Waals surface area (Å²) in [6.07, 6.45) is -3.46. The molecule has 4 rings (SSSR count). The van der Waals surface area contributed by atoms with Crippen LogP contribution in [-0.4, -0.2) is 15.0 Å². The molecule has 4 aromatic rings. The summed E-state index contributed by atoms with van der Waals surface area (Å²) in [5, 5.41) is 1.65. The lowest BCUT2D eigenvalue weighted by Crippen LogP contribution is -2.07. The second kappa shape index (κ2) is 4.87. The molecule has 0 amide bonds. The number of thiophene rings is 2. The van der Waals surface area contributed by atoms with Gasteiger partial charge in [-0.3, -0.25) is 4.79 Å². The highest BCUT2D eigenvalue weighted by atomic mass is 32.1. The van der Waals surface area contributed by atoms with Gasteiger partial charge in [-0.05, 0) is 17.5 Å². The number of pyridine rings is 1. The quantitative estimate of drug-likeness (QED) is 0.556. The van der Waals surface area contributed by atoms with Crippen LogP contribution in [0.5, 0.6) is 0 Å². The molecule has 0 aromatic carbocycles. The van der Waals surface area contributed by atoms with Crippen molar-refractivity contribution in [3.8, 4) is 10.6 Å². The second-order valence-corrected chi connectivity index (χ2v) is 6.67. The van der Waals surface area contributed by atoms with Crippen LogP contribution < -0.4 is 5.56 Å². The zero-order valence-corrected chi connectivity index (χ0v) is 12.8. The highest BCUT2D eigenvalue weighted by Gasteiger charge is 2.35. The SMILES string of the molecule is O=c1[nH]cnc2c1sc1nc(-c3cccs3)cc(C(F)(F)F)c12. The molecule has 4 nitrogen and oxygen atoms in total. The van der Waals surface area contributed by atoms with Crippen LogP contribution in [0.3, 0.4) is 0 Å². The Morgan fingerprint density at radius 1 is 1.26 bits per heavy atom. The Balaban J connectivity index is 2.18. The van der Waals surface area contributed by atoms with Gasteiger partial charge in [0.2, 0.25) is 0 Å². The van der Waals surface area contributed by atoms with E-state index < -0.39 is 17.3 Å². The second-order valence-electron chi connectivity index (χ2n) is 4.72. The van der Waals surface area contributed by atoms with Gasteiger partial charge in [0.1, 0.15) is 9.53 Å². The zero-order valence-electron chi connectivity index (χ0n) is 11.1. The van der Waals surface area contributed by atoms with E-state index in [9.17, 15) is 18.0 Å². The topological polar surface area (TPSA) is 58.6 Å². The van der Waals surface area contributed by atoms with Gasteiger partial charge in [0, 0.05) is 0 Å². The van der Waals surface area contributed by atoms with Crippen LogP contribution in [0.1, 0.15) is 5.56 Å². The molecule has 1 N–H and O–H groups in total. The van der Waals surface area contributed by atoms with Gasteiger partial charge in [-0.15, -0.1) is 22.7 Å². The van der Waals surface area contributed by atoms with Gasteiger partial charge < -0.3 is 4.98 Å². The van der Waals surface area contributed by atoms with Crippen molar-refractivity contribution < 1.29 is 13.2 Å². The van der Waals surface area contributed by atoms with Crippen LogP contribution in [0.25, 0.3) is 31.0 Å². The third-order valence-electron chi connectivity index (χ3n) is 3.31. The molecule has 0 saturated carbocycles. The summed E-state index contributed by atoms with van der Waals surface area (Å²) in [6.45, 7) is 0. The molecule has 9 heteroatoms. The number of rotatable bonds is 1. The molecule has 0 aliphatic heterocycles. The molecule has 0 fully saturated rings. The molecular formula is C14H6F3N3OS2. The van der Waals surface area contributed by atoms with Gasteiger partial charge in [-0.1, -0.05) is 6.07 Å². The van der Waals surface area contributed by atoms with Gasteiger partial charge >= 0.3 is 6.18 Å². The zero-order chi connectivity index (χ0) is 16.2. The largest absolute Gasteiger partial charge is 0.417 e. The fourth-order valence-corrected chi connectivity index (χ4v) is 4.09. The average Bonchev–Trinajstić information content (AvgIpc) is 3.13. The van der Waals surface area contributed by atoms with Gasteiger partial charge in [0.15, 0.2) is 0 Å². The first-order valence-electron chi connectivity index (χ1n) is 6.37. The number of alkyl halides is 3. The normalized spacial score (nSPS) is 12.3. The summed E-state index contributed by atoms with van der Waals surface area (Å²) < 4.78 is 40.7. The third kappa shape index (κ3) is 2.23. The minimum Gasteiger partial charge on any atom is -0.312 e. The van der Waals surface area contributed by atoms with Crippen molar-refractivity contribution >= 4 is 43.1 Å². The Morgan fingerprint density at radius 2 is 2.09 bits per heavy atom. The molecular weight excluding hydrogens is 347 g/mol. The maximum atomic E-state index is 13.5. The first kappa shape index (κ1) is 14.3. The van der Waals surface area contributed by atoms with E-state index in [0.717, 1.165) is 23.7 Å². The standard InChI is InChI=1S/C14H6F3N3OS2/c15-14(16,17)6-4-7(8-2-1-3-22-8)20-13-9(6)10-11(23-13)12(21)19-5-18-10/h1-5H,(H,18,19,21). The molecule has 4 heterocycles. The van der Waals surface area contributed by atoms with Gasteiger partial charge in [-0.2, -0.15) is 13.2 Å². The van der Waals surface area contributed by atoms with Crippen molar-refractivity contribution in [3.05, 3.63) is 45.8 Å². The predicted octanol–water partition coefficient (Wildman–Crippen LogP) is 4.28. The van der Waals surface area contributed by atoms with E-state index in [2.05, 4.69) is 15.0 Å². The van der Waals surface area contributed by atoms with E-state index in [1.54, 1.807) is 17.5 Å². The monoisotopic (exact) mass is 353 g/mol. The minimum atomic E-state index is -4.56. The van der Waals surface area contributed by atoms with Crippen LogP contribution >= 0.6 is 22.7 Å². The fourth-order valence-electron chi connectivity index (χ4n) is 2.36. The van der Waals surface area contributed by atoms with Crippen LogP contribution in [0.15, 0.2) is 34.7 Å². The molecule has 0 atom stereocenters. The first-order chi connectivity index (χ1) is 10.9. The van der Waals surface area contributed by atoms with E-state index in [0.29, 0.717) is 4.88 Å². The summed E-state index contributed by atoms with van der Waals surface area (Å²) in [5.41, 5.74) is -1.02. The fraction of sp³-hybridized carbons (Fsp3) is 0.0714. The minimum absolute atomic E-state index is 0.0336. The molecule has 0 spiro atoms. The molecule has 0 aliphatic carbocycles. The number of hydrogen-bond acceptors (Lipinski definition) is 5. The number of aromatic nitrogens is 3. The van der Waals surface area contributed by atoms with Crippen LogP contribution in [-0.2, 0) is 6.18 Å². The van der Waals surface area contributed by atoms with E-state index in [-0.39, 0.29) is 26.1 Å². The molecule has 0 unspecified atom stereocenters. The Kier molecular flexibility index (Phi) is 3.03. The number of aromatic amines is 1. The van der Waals surface area contributed by atoms with E-state index in [4.69, 9.17) is 0 Å². The highest BCUT2D eigenvalue weighted by Crippen LogP contribution is 2.42. The lowest BCUT2D eigenvalue weighted by atomic mass is 10.1. The molecule has 0 radical (unpaired) electrons. The molecule has 4 aromatic heterocycles. The van der Waals surface area contributed by atoms with Gasteiger partial charge in [-0.25, -0.2) is 9.97 Å². The number of nitrogens with one attached hydrogen (secondary N) is 1. The predicted molar refractivity (Wildman–Crippen MR) is 83.9 cm³/mol. The summed E-state index contributed by atoms with van der Waals surface area (Å²) in [6, 6.07) is 4.47. The average molecular weight is 353 g/mol. The lowest BCUT2D eigenvalue weighted by Gasteiger charge is -2.09. The Hall–Kier alpha value is -2.26. The van der Waals surface area contributed by atoms with Gasteiger partial charge in [0.05, 0.1) is 33.4 Å². The highest BCUT2D eigenvalue weighted by molar-refractivity contribution is 7.25. The van der Waals surface area contributed by atoms with Crippen LogP contribution in [0.4, 0.5) is 13.2 Å². The van der Waals surface area contributed by atoms with E-state index >= 15 is 0 Å². The van der Waals surface area contributed by atoms with Crippen molar-refractivity contribution in [2.75, 3.05) is 0 Å². The number of fused-ring (bicyclic) bond motifs is 3. The Morgan fingerprint density at radius 3 is 2.78 bits per heavy atom. The van der Waals surface area contributed by atoms with Crippen LogP contribution in [0, 0.1) is 0 Å². The Bertz CT molecular complexity index is 1080. The maximum Gasteiger partial charge on any atom is 0.417 e. The first-order valence-corrected chi connectivity index (χ1v) is 8.07. The van der Waals surface area contributed by atoms with E-state index in [1.807, 2.05) is 0 Å². The van der Waals surface area contributed by atoms with Crippen molar-refractivity contribution in [2.45, 2.75) is 6.18 Å². The summed E-state index contributed by atoms with van der Waals surface area (Å²) in [7, 11) is 0. The summed E-state index contributed by atoms with van der Waals surface area (Å²) >= 11 is 2.22. The molecule has 0 saturated heterocycles. The number of hydrogen-bond donors (Lipinski definition) is 1. The van der Waals surface area contributed by atoms with Gasteiger partial charge in [0.25, 0.3) is 5.56 Å². The molecule has 0 aliphatic rings. The van der Waals surface area contributed by atoms with Crippen LogP contribution in [0.2, 0.25) is 0 Å². The molecule has 116 valence electrons. The third-order valence-corrected chi connectivity index (χ3v) is 5.28. The molecule has 23 heavy (non-hydrogen) atoms. The van der Waals surface area contributed by atoms with E-state index in [1.165, 1.54) is 11.3 Å². The lowest BCUT2D eigenvalue weighted by molar-refractivity contribution is -0.136. The number of H-pyrrole nitrogens is 1. The smallest absolute Gasteiger partial charge is 0.312 e. The van der Waals surface area contributed by atoms with Crippen molar-refractivity contribution in [3.63, 3.8) is 0 Å². The number of nitrogens with zero attached hydrogens (tertiary/aromatic N) is 2. The van der Waals surface area contributed by atoms with Crippen molar-refractivity contribution in [1.29, 1.82) is 0 Å². The summed E-state index contributed by atoms with van der Waals surface area (Å²) in [4.78, 5) is 23.2. The van der Waals surface area contributed by atoms with Crippen molar-refractivity contribution in [2.24, 2.45) is 0 Å². The maximum absolute atomic E-state index is 13.5. The summed E-state index contributed by atoms with van der Waals surface area (Å²) in [5.74, 6) is 0. The number of halogens is 3.